The van der Waals surface area contributed by atoms with E-state index in [1.165, 1.54) is 16.7 Å². The molecule has 2 heteroatoms. The van der Waals surface area contributed by atoms with Gasteiger partial charge in [0, 0.05) is 10.5 Å². The van der Waals surface area contributed by atoms with Gasteiger partial charge >= 0.3 is 0 Å². The number of allylic oxidation sites excluding steroid dienone is 1. The van der Waals surface area contributed by atoms with Crippen LogP contribution in [-0.2, 0) is 0 Å². The molecule has 82 valence electrons. The van der Waals surface area contributed by atoms with Gasteiger partial charge in [0.05, 0.1) is 0 Å². The number of nitrogens with two attached hydrogens (primary N) is 1. The van der Waals surface area contributed by atoms with E-state index in [9.17, 15) is 0 Å². The summed E-state index contributed by atoms with van der Waals surface area (Å²) < 4.78 is 1.11. The van der Waals surface area contributed by atoms with Gasteiger partial charge in [-0.25, -0.2) is 0 Å². The van der Waals surface area contributed by atoms with Crippen molar-refractivity contribution in [1.82, 2.24) is 0 Å². The van der Waals surface area contributed by atoms with Crippen LogP contribution in [0.1, 0.15) is 36.9 Å². The lowest BCUT2D eigenvalue weighted by atomic mass is 9.97. The fraction of sp³-hybridized carbons (Fsp3) is 0.385. The largest absolute Gasteiger partial charge is 0.324 e. The summed E-state index contributed by atoms with van der Waals surface area (Å²) in [4.78, 5) is 0. The minimum atomic E-state index is 0.120. The molecular weight excluding hydrogens is 250 g/mol. The van der Waals surface area contributed by atoms with Gasteiger partial charge in [0.15, 0.2) is 0 Å². The molecule has 15 heavy (non-hydrogen) atoms. The van der Waals surface area contributed by atoms with Crippen LogP contribution in [0, 0.1) is 6.92 Å². The Morgan fingerprint density at radius 2 is 2.20 bits per heavy atom. The molecule has 0 aromatic heterocycles. The topological polar surface area (TPSA) is 26.0 Å². The Morgan fingerprint density at radius 1 is 1.53 bits per heavy atom. The lowest BCUT2D eigenvalue weighted by Crippen LogP contribution is -2.11. The minimum absolute atomic E-state index is 0.120. The second-order valence-corrected chi connectivity index (χ2v) is 5.02. The highest BCUT2D eigenvalue weighted by Gasteiger charge is 2.08. The molecule has 2 N–H and O–H groups in total. The van der Waals surface area contributed by atoms with Crippen LogP contribution in [-0.4, -0.2) is 0 Å². The highest BCUT2D eigenvalue weighted by atomic mass is 79.9. The molecule has 0 fully saturated rings. The Balaban J connectivity index is 2.73. The maximum atomic E-state index is 6.14. The highest BCUT2D eigenvalue weighted by molar-refractivity contribution is 9.10. The number of rotatable bonds is 4. The van der Waals surface area contributed by atoms with Gasteiger partial charge in [-0.1, -0.05) is 27.6 Å². The fourth-order valence-electron chi connectivity index (χ4n) is 1.61. The van der Waals surface area contributed by atoms with E-state index in [-0.39, 0.29) is 6.04 Å². The molecular formula is C13H18BrN. The lowest BCUT2D eigenvalue weighted by molar-refractivity contribution is 0.645. The van der Waals surface area contributed by atoms with Crippen molar-refractivity contribution in [3.05, 3.63) is 46.0 Å². The Bertz CT molecular complexity index is 358. The van der Waals surface area contributed by atoms with Crippen molar-refractivity contribution >= 4 is 15.9 Å². The molecule has 1 unspecified atom stereocenters. The van der Waals surface area contributed by atoms with Crippen LogP contribution in [0.4, 0.5) is 0 Å². The molecule has 0 aliphatic carbocycles. The van der Waals surface area contributed by atoms with Gasteiger partial charge in [0.1, 0.15) is 0 Å². The Kier molecular flexibility index (Phi) is 4.55. The summed E-state index contributed by atoms with van der Waals surface area (Å²) in [6.45, 7) is 8.03. The Hall–Kier alpha value is -0.600. The zero-order chi connectivity index (χ0) is 11.4. The molecule has 1 aromatic rings. The van der Waals surface area contributed by atoms with Crippen molar-refractivity contribution in [2.45, 2.75) is 32.7 Å². The summed E-state index contributed by atoms with van der Waals surface area (Å²) in [5.41, 5.74) is 9.82. The van der Waals surface area contributed by atoms with E-state index in [0.29, 0.717) is 0 Å². The van der Waals surface area contributed by atoms with Crippen LogP contribution in [0.15, 0.2) is 34.8 Å². The molecule has 0 heterocycles. The van der Waals surface area contributed by atoms with Crippen LogP contribution in [0.25, 0.3) is 0 Å². The summed E-state index contributed by atoms with van der Waals surface area (Å²) in [6, 6.07) is 6.37. The standard InChI is InChI=1S/C13H18BrN/c1-9(2)4-7-13(15)12-6-5-11(14)8-10(12)3/h5-6,8,13H,1,4,7,15H2,2-3H3. The second-order valence-electron chi connectivity index (χ2n) is 4.10. The van der Waals surface area contributed by atoms with E-state index in [2.05, 4.69) is 41.6 Å². The van der Waals surface area contributed by atoms with Gasteiger partial charge in [0.2, 0.25) is 0 Å². The normalized spacial score (nSPS) is 12.5. The number of benzene rings is 1. The average molecular weight is 268 g/mol. The van der Waals surface area contributed by atoms with Gasteiger partial charge in [-0.05, 0) is 49.9 Å². The molecule has 1 atom stereocenters. The van der Waals surface area contributed by atoms with Gasteiger partial charge in [-0.3, -0.25) is 0 Å². The SMILES string of the molecule is C=C(C)CCC(N)c1ccc(Br)cc1C. The molecule has 1 aromatic carbocycles. The van der Waals surface area contributed by atoms with Crippen molar-refractivity contribution < 1.29 is 0 Å². The zero-order valence-electron chi connectivity index (χ0n) is 9.39. The van der Waals surface area contributed by atoms with Gasteiger partial charge in [-0.2, -0.15) is 0 Å². The molecule has 0 radical (unpaired) electrons. The third-order valence-electron chi connectivity index (χ3n) is 2.51. The van der Waals surface area contributed by atoms with E-state index in [1.807, 2.05) is 13.0 Å². The smallest absolute Gasteiger partial charge is 0.0300 e. The molecule has 0 saturated carbocycles. The number of hydrogen-bond acceptors (Lipinski definition) is 1. The summed E-state index contributed by atoms with van der Waals surface area (Å²) >= 11 is 3.45. The Morgan fingerprint density at radius 3 is 2.73 bits per heavy atom. The fourth-order valence-corrected chi connectivity index (χ4v) is 2.09. The van der Waals surface area contributed by atoms with Crippen LogP contribution >= 0.6 is 15.9 Å². The van der Waals surface area contributed by atoms with Crippen LogP contribution in [0.2, 0.25) is 0 Å². The van der Waals surface area contributed by atoms with Crippen molar-refractivity contribution in [3.8, 4) is 0 Å². The molecule has 0 amide bonds. The minimum Gasteiger partial charge on any atom is -0.324 e. The maximum absolute atomic E-state index is 6.14. The zero-order valence-corrected chi connectivity index (χ0v) is 11.0. The van der Waals surface area contributed by atoms with Crippen molar-refractivity contribution in [2.24, 2.45) is 5.73 Å². The Labute approximate surface area is 101 Å². The number of halogens is 1. The first-order chi connectivity index (χ1) is 7.00. The predicted molar refractivity (Wildman–Crippen MR) is 69.9 cm³/mol. The van der Waals surface area contributed by atoms with E-state index in [4.69, 9.17) is 5.73 Å². The third-order valence-corrected chi connectivity index (χ3v) is 3.01. The molecule has 0 saturated heterocycles. The van der Waals surface area contributed by atoms with Gasteiger partial charge in [0.25, 0.3) is 0 Å². The quantitative estimate of drug-likeness (QED) is 0.817. The lowest BCUT2D eigenvalue weighted by Gasteiger charge is -2.14. The first kappa shape index (κ1) is 12.5. The first-order valence-corrected chi connectivity index (χ1v) is 5.96. The molecule has 0 bridgehead atoms. The maximum Gasteiger partial charge on any atom is 0.0300 e. The summed E-state index contributed by atoms with van der Waals surface area (Å²) in [5, 5.41) is 0. The molecule has 1 nitrogen and oxygen atoms in total. The van der Waals surface area contributed by atoms with Crippen molar-refractivity contribution in [2.75, 3.05) is 0 Å². The number of aryl methyl sites for hydroxylation is 1. The van der Waals surface area contributed by atoms with Crippen molar-refractivity contribution in [3.63, 3.8) is 0 Å². The average Bonchev–Trinajstić information content (AvgIpc) is 2.14. The summed E-state index contributed by atoms with van der Waals surface area (Å²) in [7, 11) is 0. The predicted octanol–water partition coefficient (Wildman–Crippen LogP) is 4.11. The third kappa shape index (κ3) is 3.80. The second kappa shape index (κ2) is 5.47. The summed E-state index contributed by atoms with van der Waals surface area (Å²) in [5.74, 6) is 0. The number of hydrogen-bond donors (Lipinski definition) is 1. The molecule has 0 aliphatic rings. The van der Waals surface area contributed by atoms with E-state index >= 15 is 0 Å². The summed E-state index contributed by atoms with van der Waals surface area (Å²) in [6.07, 6.45) is 1.97. The van der Waals surface area contributed by atoms with Gasteiger partial charge in [-0.15, -0.1) is 6.58 Å². The monoisotopic (exact) mass is 267 g/mol. The van der Waals surface area contributed by atoms with Crippen LogP contribution in [0.5, 0.6) is 0 Å². The van der Waals surface area contributed by atoms with Crippen molar-refractivity contribution in [1.29, 1.82) is 0 Å². The van der Waals surface area contributed by atoms with E-state index in [1.54, 1.807) is 0 Å². The van der Waals surface area contributed by atoms with Crippen LogP contribution in [0.3, 0.4) is 0 Å². The first-order valence-electron chi connectivity index (χ1n) is 5.16. The van der Waals surface area contributed by atoms with E-state index in [0.717, 1.165) is 17.3 Å². The highest BCUT2D eigenvalue weighted by Crippen LogP contribution is 2.23. The molecule has 0 aliphatic heterocycles. The molecule has 1 rings (SSSR count). The van der Waals surface area contributed by atoms with Gasteiger partial charge < -0.3 is 5.73 Å². The molecule has 0 spiro atoms. The van der Waals surface area contributed by atoms with Crippen LogP contribution < -0.4 is 5.73 Å². The van der Waals surface area contributed by atoms with E-state index < -0.39 is 0 Å².